The number of anilines is 1. The maximum Gasteiger partial charge on any atom is 0.307 e. The van der Waals surface area contributed by atoms with E-state index in [-0.39, 0.29) is 22.6 Å². The van der Waals surface area contributed by atoms with Gasteiger partial charge in [-0.3, -0.25) is 9.59 Å². The lowest BCUT2D eigenvalue weighted by atomic mass is 9.82. The highest BCUT2D eigenvalue weighted by atomic mass is 32.2. The summed E-state index contributed by atoms with van der Waals surface area (Å²) in [5, 5.41) is 17.0. The maximum atomic E-state index is 12.5. The number of nitrogens with two attached hydrogens (primary N) is 1. The average molecular weight is 336 g/mol. The van der Waals surface area contributed by atoms with Crippen molar-refractivity contribution in [2.45, 2.75) is 11.3 Å². The number of amides is 1. The molecule has 23 heavy (non-hydrogen) atoms. The van der Waals surface area contributed by atoms with Gasteiger partial charge in [-0.2, -0.15) is 0 Å². The molecular weight excluding hydrogens is 320 g/mol. The van der Waals surface area contributed by atoms with Gasteiger partial charge in [-0.25, -0.2) is 13.6 Å². The molecule has 1 amide bonds. The Morgan fingerprint density at radius 1 is 1.09 bits per heavy atom. The molecule has 1 aromatic rings. The van der Waals surface area contributed by atoms with Gasteiger partial charge < -0.3 is 10.4 Å². The van der Waals surface area contributed by atoms with Gasteiger partial charge in [0.05, 0.1) is 16.7 Å². The summed E-state index contributed by atoms with van der Waals surface area (Å²) < 4.78 is 22.4. The van der Waals surface area contributed by atoms with Crippen LogP contribution in [-0.2, 0) is 19.6 Å². The third kappa shape index (κ3) is 2.87. The Balaban J connectivity index is 1.77. The lowest BCUT2D eigenvalue weighted by Gasteiger charge is -2.23. The van der Waals surface area contributed by atoms with E-state index in [0.29, 0.717) is 12.1 Å². The number of hydrogen-bond donors (Lipinski definition) is 3. The van der Waals surface area contributed by atoms with Gasteiger partial charge in [-0.05, 0) is 42.5 Å². The average Bonchev–Trinajstić information content (AvgIpc) is 3.07. The van der Waals surface area contributed by atoms with Crippen LogP contribution >= 0.6 is 0 Å². The van der Waals surface area contributed by atoms with Gasteiger partial charge in [0, 0.05) is 5.69 Å². The number of allylic oxidation sites excluding steroid dienone is 2. The number of sulfonamides is 1. The Morgan fingerprint density at radius 3 is 2.17 bits per heavy atom. The number of carbonyl (C=O) groups excluding carboxylic acids is 1. The lowest BCUT2D eigenvalue weighted by molar-refractivity contribution is -0.146. The van der Waals surface area contributed by atoms with Gasteiger partial charge in [0.25, 0.3) is 0 Å². The van der Waals surface area contributed by atoms with Crippen LogP contribution in [-0.4, -0.2) is 25.4 Å². The highest BCUT2D eigenvalue weighted by Gasteiger charge is 2.51. The van der Waals surface area contributed by atoms with Crippen molar-refractivity contribution >= 4 is 27.6 Å². The molecule has 4 atom stereocenters. The van der Waals surface area contributed by atoms with Crippen molar-refractivity contribution in [1.29, 1.82) is 0 Å². The van der Waals surface area contributed by atoms with E-state index >= 15 is 0 Å². The number of rotatable bonds is 4. The SMILES string of the molecule is NS(=O)(=O)c1ccc(NC(=O)[C@H]2[C@@H](C(=O)O)[C@@H]3C=C[C@@H]2C3)cc1. The summed E-state index contributed by atoms with van der Waals surface area (Å²) in [4.78, 5) is 23.8. The van der Waals surface area contributed by atoms with Crippen LogP contribution in [0, 0.1) is 23.7 Å². The van der Waals surface area contributed by atoms with Gasteiger partial charge in [0.2, 0.25) is 15.9 Å². The fraction of sp³-hybridized carbons (Fsp3) is 0.333. The van der Waals surface area contributed by atoms with Crippen LogP contribution in [0.4, 0.5) is 5.69 Å². The fourth-order valence-electron chi connectivity index (χ4n) is 3.47. The molecule has 1 fully saturated rings. The quantitative estimate of drug-likeness (QED) is 0.701. The normalized spacial score (nSPS) is 28.7. The van der Waals surface area contributed by atoms with Gasteiger partial charge in [0.1, 0.15) is 0 Å². The molecule has 0 spiro atoms. The van der Waals surface area contributed by atoms with Crippen molar-refractivity contribution in [2.24, 2.45) is 28.8 Å². The summed E-state index contributed by atoms with van der Waals surface area (Å²) in [6, 6.07) is 5.44. The van der Waals surface area contributed by atoms with Gasteiger partial charge in [-0.1, -0.05) is 12.2 Å². The first-order chi connectivity index (χ1) is 10.8. The Hall–Kier alpha value is -2.19. The maximum absolute atomic E-state index is 12.5. The predicted octanol–water partition coefficient (Wildman–Crippen LogP) is 0.795. The molecule has 2 aliphatic carbocycles. The van der Waals surface area contributed by atoms with Crippen molar-refractivity contribution in [3.63, 3.8) is 0 Å². The molecule has 0 radical (unpaired) electrons. The summed E-state index contributed by atoms with van der Waals surface area (Å²) in [6.45, 7) is 0. The van der Waals surface area contributed by atoms with Crippen LogP contribution in [0.2, 0.25) is 0 Å². The monoisotopic (exact) mass is 336 g/mol. The predicted molar refractivity (Wildman–Crippen MR) is 81.8 cm³/mol. The molecule has 3 rings (SSSR count). The first-order valence-corrected chi connectivity index (χ1v) is 8.67. The van der Waals surface area contributed by atoms with Crippen molar-refractivity contribution in [2.75, 3.05) is 5.32 Å². The zero-order chi connectivity index (χ0) is 16.8. The number of fused-ring (bicyclic) bond motifs is 2. The Kier molecular flexibility index (Phi) is 3.73. The minimum atomic E-state index is -3.79. The number of benzene rings is 1. The first kappa shape index (κ1) is 15.7. The zero-order valence-corrected chi connectivity index (χ0v) is 12.9. The second-order valence-electron chi connectivity index (χ2n) is 5.90. The van der Waals surface area contributed by atoms with Crippen LogP contribution in [0.15, 0.2) is 41.3 Å². The molecule has 122 valence electrons. The van der Waals surface area contributed by atoms with E-state index in [9.17, 15) is 23.1 Å². The summed E-state index contributed by atoms with van der Waals surface area (Å²) in [6.07, 6.45) is 4.45. The molecule has 2 aliphatic rings. The van der Waals surface area contributed by atoms with Crippen LogP contribution in [0.1, 0.15) is 6.42 Å². The van der Waals surface area contributed by atoms with E-state index < -0.39 is 27.8 Å². The van der Waals surface area contributed by atoms with Crippen molar-refractivity contribution in [3.05, 3.63) is 36.4 Å². The van der Waals surface area contributed by atoms with Crippen LogP contribution in [0.25, 0.3) is 0 Å². The molecule has 8 heteroatoms. The van der Waals surface area contributed by atoms with E-state index in [1.165, 1.54) is 24.3 Å². The summed E-state index contributed by atoms with van der Waals surface area (Å²) in [5.74, 6) is -2.82. The second-order valence-corrected chi connectivity index (χ2v) is 7.46. The number of aliphatic carboxylic acids is 1. The standard InChI is InChI=1S/C15H16N2O5S/c16-23(21,22)11-5-3-10(4-6-11)17-14(18)12-8-1-2-9(7-8)13(12)15(19)20/h1-6,8-9,12-13H,7H2,(H,17,18)(H,19,20)(H2,16,21,22)/t8-,9-,12-,13+/m1/s1. The van der Waals surface area contributed by atoms with E-state index in [1.54, 1.807) is 0 Å². The molecule has 0 heterocycles. The van der Waals surface area contributed by atoms with E-state index in [1.807, 2.05) is 12.2 Å². The lowest BCUT2D eigenvalue weighted by Crippen LogP contribution is -2.36. The summed E-state index contributed by atoms with van der Waals surface area (Å²) in [5.41, 5.74) is 0.401. The third-order valence-corrected chi connectivity index (χ3v) is 5.43. The van der Waals surface area contributed by atoms with E-state index in [0.717, 1.165) is 0 Å². The highest BCUT2D eigenvalue weighted by molar-refractivity contribution is 7.89. The van der Waals surface area contributed by atoms with Crippen LogP contribution < -0.4 is 10.5 Å². The minimum absolute atomic E-state index is 0.0539. The third-order valence-electron chi connectivity index (χ3n) is 4.50. The van der Waals surface area contributed by atoms with E-state index in [2.05, 4.69) is 5.32 Å². The number of carboxylic acids is 1. The first-order valence-electron chi connectivity index (χ1n) is 7.12. The number of carbonyl (C=O) groups is 2. The number of hydrogen-bond acceptors (Lipinski definition) is 4. The van der Waals surface area contributed by atoms with Gasteiger partial charge in [-0.15, -0.1) is 0 Å². The highest BCUT2D eigenvalue weighted by Crippen LogP contribution is 2.48. The molecule has 4 N–H and O–H groups in total. The Bertz CT molecular complexity index is 785. The van der Waals surface area contributed by atoms with Gasteiger partial charge in [0.15, 0.2) is 0 Å². The fourth-order valence-corrected chi connectivity index (χ4v) is 3.99. The van der Waals surface area contributed by atoms with Crippen LogP contribution in [0.5, 0.6) is 0 Å². The molecule has 1 saturated carbocycles. The van der Waals surface area contributed by atoms with Crippen LogP contribution in [0.3, 0.4) is 0 Å². The number of primary sulfonamides is 1. The van der Waals surface area contributed by atoms with Crippen molar-refractivity contribution in [3.8, 4) is 0 Å². The molecule has 2 bridgehead atoms. The van der Waals surface area contributed by atoms with Crippen molar-refractivity contribution in [1.82, 2.24) is 0 Å². The zero-order valence-electron chi connectivity index (χ0n) is 12.0. The summed E-state index contributed by atoms with van der Waals surface area (Å²) >= 11 is 0. The minimum Gasteiger partial charge on any atom is -0.481 e. The van der Waals surface area contributed by atoms with E-state index in [4.69, 9.17) is 5.14 Å². The molecule has 7 nitrogen and oxygen atoms in total. The second kappa shape index (κ2) is 5.47. The largest absolute Gasteiger partial charge is 0.481 e. The molecule has 0 unspecified atom stereocenters. The topological polar surface area (TPSA) is 127 Å². The molecular formula is C15H16N2O5S. The number of carboxylic acid groups (broad SMARTS) is 1. The molecule has 0 aromatic heterocycles. The van der Waals surface area contributed by atoms with Gasteiger partial charge >= 0.3 is 5.97 Å². The smallest absolute Gasteiger partial charge is 0.307 e. The Labute approximate surface area is 133 Å². The number of nitrogens with one attached hydrogen (secondary N) is 1. The molecule has 1 aromatic carbocycles. The Morgan fingerprint density at radius 2 is 1.65 bits per heavy atom. The summed E-state index contributed by atoms with van der Waals surface area (Å²) in [7, 11) is -3.79. The molecule has 0 saturated heterocycles. The molecule has 0 aliphatic heterocycles. The van der Waals surface area contributed by atoms with Crippen molar-refractivity contribution < 1.29 is 23.1 Å².